The highest BCUT2D eigenvalue weighted by atomic mass is 16.5. The molecule has 0 unspecified atom stereocenters. The molecule has 0 aliphatic carbocycles. The molecule has 0 rings (SSSR count). The molecule has 0 N–H and O–H groups in total. The highest BCUT2D eigenvalue weighted by molar-refractivity contribution is 5.82. The normalized spacial score (nSPS) is 15.1. The molecule has 0 saturated heterocycles. The van der Waals surface area contributed by atoms with E-state index in [9.17, 15) is 4.79 Å². The van der Waals surface area contributed by atoms with E-state index in [0.29, 0.717) is 0 Å². The van der Waals surface area contributed by atoms with Crippen molar-refractivity contribution < 1.29 is 9.53 Å². The third-order valence-electron chi connectivity index (χ3n) is 1.93. The summed E-state index contributed by atoms with van der Waals surface area (Å²) in [6, 6.07) is 0. The van der Waals surface area contributed by atoms with Crippen LogP contribution in [0.5, 0.6) is 0 Å². The standard InChI is InChI=1S/C14H20O2/c1-5-7-8-9-13(4)16-14(15)11-10-12(3)6-2/h5-11,13H,1-4H3/b7-5+,9-8-,11-10+,12-6+/t13-/m1/s1. The van der Waals surface area contributed by atoms with E-state index in [1.54, 1.807) is 6.08 Å². The van der Waals surface area contributed by atoms with E-state index >= 15 is 0 Å². The predicted octanol–water partition coefficient (Wildman–Crippen LogP) is 3.57. The fraction of sp³-hybridized carbons (Fsp3) is 0.357. The van der Waals surface area contributed by atoms with Crippen LogP contribution >= 0.6 is 0 Å². The number of hydrogen-bond acceptors (Lipinski definition) is 2. The number of rotatable bonds is 5. The zero-order valence-corrected chi connectivity index (χ0v) is 10.4. The molecule has 0 fully saturated rings. The summed E-state index contributed by atoms with van der Waals surface area (Å²) in [5.74, 6) is -0.321. The van der Waals surface area contributed by atoms with Gasteiger partial charge in [0.2, 0.25) is 0 Å². The number of ether oxygens (including phenoxy) is 1. The summed E-state index contributed by atoms with van der Waals surface area (Å²) < 4.78 is 5.12. The van der Waals surface area contributed by atoms with Gasteiger partial charge < -0.3 is 4.74 Å². The Bertz CT molecular complexity index is 320. The summed E-state index contributed by atoms with van der Waals surface area (Å²) in [4.78, 5) is 11.3. The maximum atomic E-state index is 11.3. The van der Waals surface area contributed by atoms with Crippen molar-refractivity contribution in [3.63, 3.8) is 0 Å². The lowest BCUT2D eigenvalue weighted by Crippen LogP contribution is -2.09. The summed E-state index contributed by atoms with van der Waals surface area (Å²) in [6.07, 6.45) is 12.4. The maximum Gasteiger partial charge on any atom is 0.331 e. The molecule has 2 nitrogen and oxygen atoms in total. The van der Waals surface area contributed by atoms with Gasteiger partial charge in [0.15, 0.2) is 0 Å². The van der Waals surface area contributed by atoms with E-state index in [1.807, 2.05) is 58.1 Å². The van der Waals surface area contributed by atoms with Gasteiger partial charge in [0.25, 0.3) is 0 Å². The van der Waals surface area contributed by atoms with E-state index in [4.69, 9.17) is 4.74 Å². The van der Waals surface area contributed by atoms with Gasteiger partial charge in [0.1, 0.15) is 6.10 Å². The van der Waals surface area contributed by atoms with E-state index in [1.165, 1.54) is 6.08 Å². The smallest absolute Gasteiger partial charge is 0.331 e. The lowest BCUT2D eigenvalue weighted by Gasteiger charge is -2.05. The molecule has 0 aliphatic heterocycles. The van der Waals surface area contributed by atoms with Crippen LogP contribution in [0.2, 0.25) is 0 Å². The Balaban J connectivity index is 4.10. The molecular weight excluding hydrogens is 200 g/mol. The Hall–Kier alpha value is -1.57. The molecule has 0 aromatic rings. The number of carbonyl (C=O) groups excluding carboxylic acids is 1. The molecule has 0 aliphatic rings. The van der Waals surface area contributed by atoms with Crippen molar-refractivity contribution in [1.29, 1.82) is 0 Å². The number of allylic oxidation sites excluding steroid dienone is 6. The first-order chi connectivity index (χ1) is 7.60. The Labute approximate surface area is 98.0 Å². The lowest BCUT2D eigenvalue weighted by atomic mass is 10.2. The molecule has 2 heteroatoms. The number of esters is 1. The molecule has 0 radical (unpaired) electrons. The lowest BCUT2D eigenvalue weighted by molar-refractivity contribution is -0.140. The van der Waals surface area contributed by atoms with Crippen LogP contribution in [0.1, 0.15) is 27.7 Å². The molecule has 16 heavy (non-hydrogen) atoms. The number of carbonyl (C=O) groups is 1. The number of hydrogen-bond donors (Lipinski definition) is 0. The summed E-state index contributed by atoms with van der Waals surface area (Å²) in [6.45, 7) is 7.62. The quantitative estimate of drug-likeness (QED) is 0.402. The van der Waals surface area contributed by atoms with Crippen molar-refractivity contribution in [2.75, 3.05) is 0 Å². The second kappa shape index (κ2) is 8.72. The average Bonchev–Trinajstić information content (AvgIpc) is 2.26. The van der Waals surface area contributed by atoms with E-state index in [0.717, 1.165) is 5.57 Å². The maximum absolute atomic E-state index is 11.3. The summed E-state index contributed by atoms with van der Waals surface area (Å²) in [5.41, 5.74) is 1.04. The molecule has 0 saturated carbocycles. The van der Waals surface area contributed by atoms with Gasteiger partial charge >= 0.3 is 5.97 Å². The van der Waals surface area contributed by atoms with Gasteiger partial charge in [-0.15, -0.1) is 0 Å². The van der Waals surface area contributed by atoms with E-state index in [-0.39, 0.29) is 12.1 Å². The van der Waals surface area contributed by atoms with E-state index in [2.05, 4.69) is 0 Å². The van der Waals surface area contributed by atoms with Crippen molar-refractivity contribution in [3.05, 3.63) is 48.1 Å². The van der Waals surface area contributed by atoms with Gasteiger partial charge in [-0.05, 0) is 33.8 Å². The Kier molecular flexibility index (Phi) is 7.86. The molecule has 1 atom stereocenters. The third kappa shape index (κ3) is 7.80. The molecule has 0 heterocycles. The zero-order chi connectivity index (χ0) is 12.4. The predicted molar refractivity (Wildman–Crippen MR) is 68.1 cm³/mol. The van der Waals surface area contributed by atoms with Gasteiger partial charge in [-0.1, -0.05) is 36.0 Å². The molecule has 88 valence electrons. The summed E-state index contributed by atoms with van der Waals surface area (Å²) >= 11 is 0. The third-order valence-corrected chi connectivity index (χ3v) is 1.93. The summed E-state index contributed by atoms with van der Waals surface area (Å²) in [7, 11) is 0. The topological polar surface area (TPSA) is 26.3 Å². The second-order valence-corrected chi connectivity index (χ2v) is 3.42. The molecule has 0 aromatic carbocycles. The monoisotopic (exact) mass is 220 g/mol. The van der Waals surface area contributed by atoms with Crippen LogP contribution in [0.4, 0.5) is 0 Å². The van der Waals surface area contributed by atoms with Crippen molar-refractivity contribution in [3.8, 4) is 0 Å². The van der Waals surface area contributed by atoms with Gasteiger partial charge in [-0.3, -0.25) is 0 Å². The van der Waals surface area contributed by atoms with E-state index < -0.39 is 0 Å². The van der Waals surface area contributed by atoms with Crippen molar-refractivity contribution in [2.45, 2.75) is 33.8 Å². The van der Waals surface area contributed by atoms with Crippen LogP contribution in [-0.4, -0.2) is 12.1 Å². The van der Waals surface area contributed by atoms with Crippen LogP contribution in [0, 0.1) is 0 Å². The fourth-order valence-electron chi connectivity index (χ4n) is 0.889. The Morgan fingerprint density at radius 2 is 1.88 bits per heavy atom. The van der Waals surface area contributed by atoms with Gasteiger partial charge in [0.05, 0.1) is 0 Å². The van der Waals surface area contributed by atoms with Crippen molar-refractivity contribution >= 4 is 5.97 Å². The minimum Gasteiger partial charge on any atom is -0.455 e. The minimum absolute atomic E-state index is 0.209. The minimum atomic E-state index is -0.321. The van der Waals surface area contributed by atoms with Gasteiger partial charge in [-0.2, -0.15) is 0 Å². The molecule has 0 bridgehead atoms. The SMILES string of the molecule is C/C=C/C=C\[C@@H](C)OC(=O)/C=C/C(C)=C/C. The van der Waals surface area contributed by atoms with Crippen molar-refractivity contribution in [2.24, 2.45) is 0 Å². The van der Waals surface area contributed by atoms with Gasteiger partial charge in [0, 0.05) is 6.08 Å². The molecule has 0 spiro atoms. The summed E-state index contributed by atoms with van der Waals surface area (Å²) in [5, 5.41) is 0. The second-order valence-electron chi connectivity index (χ2n) is 3.42. The first kappa shape index (κ1) is 14.4. The Morgan fingerprint density at radius 1 is 1.19 bits per heavy atom. The first-order valence-electron chi connectivity index (χ1n) is 5.41. The van der Waals surface area contributed by atoms with Crippen LogP contribution in [0.15, 0.2) is 48.1 Å². The van der Waals surface area contributed by atoms with Crippen LogP contribution < -0.4 is 0 Å². The molecule has 0 amide bonds. The highest BCUT2D eigenvalue weighted by Gasteiger charge is 2.01. The zero-order valence-electron chi connectivity index (χ0n) is 10.4. The van der Waals surface area contributed by atoms with Crippen LogP contribution in [0.25, 0.3) is 0 Å². The van der Waals surface area contributed by atoms with Crippen LogP contribution in [0.3, 0.4) is 0 Å². The average molecular weight is 220 g/mol. The fourth-order valence-corrected chi connectivity index (χ4v) is 0.889. The molecular formula is C14H20O2. The van der Waals surface area contributed by atoms with Gasteiger partial charge in [-0.25, -0.2) is 4.79 Å². The van der Waals surface area contributed by atoms with Crippen molar-refractivity contribution in [1.82, 2.24) is 0 Å². The van der Waals surface area contributed by atoms with Crippen LogP contribution in [-0.2, 0) is 9.53 Å². The highest BCUT2D eigenvalue weighted by Crippen LogP contribution is 1.98. The Morgan fingerprint density at radius 3 is 2.44 bits per heavy atom. The molecule has 0 aromatic heterocycles. The first-order valence-corrected chi connectivity index (χ1v) is 5.41. The largest absolute Gasteiger partial charge is 0.455 e.